The first-order valence-electron chi connectivity index (χ1n) is 3.15. The van der Waals surface area contributed by atoms with Crippen LogP contribution < -0.4 is 5.32 Å². The SMILES string of the molecule is CNC(=O)[C@@H](O)C1CC1. The zero-order chi connectivity index (χ0) is 6.85. The summed E-state index contributed by atoms with van der Waals surface area (Å²) in [5.74, 6) is -0.0116. The van der Waals surface area contributed by atoms with Gasteiger partial charge in [-0.15, -0.1) is 0 Å². The molecule has 0 aromatic heterocycles. The van der Waals surface area contributed by atoms with Crippen LogP contribution >= 0.6 is 0 Å². The minimum atomic E-state index is -0.755. The summed E-state index contributed by atoms with van der Waals surface area (Å²) in [7, 11) is 1.54. The fraction of sp³-hybridized carbons (Fsp3) is 0.833. The molecule has 3 heteroatoms. The molecule has 0 saturated heterocycles. The van der Waals surface area contributed by atoms with Crippen LogP contribution in [0, 0.1) is 5.92 Å². The summed E-state index contributed by atoms with van der Waals surface area (Å²) in [6.07, 6.45) is 1.23. The fourth-order valence-electron chi connectivity index (χ4n) is 0.774. The maximum absolute atomic E-state index is 10.6. The summed E-state index contributed by atoms with van der Waals surface area (Å²) >= 11 is 0. The van der Waals surface area contributed by atoms with Crippen molar-refractivity contribution >= 4 is 5.91 Å². The van der Waals surface area contributed by atoms with Crippen LogP contribution in [0.2, 0.25) is 0 Å². The number of aliphatic hydroxyl groups excluding tert-OH is 1. The van der Waals surface area contributed by atoms with Crippen LogP contribution in [-0.4, -0.2) is 24.2 Å². The molecule has 3 nitrogen and oxygen atoms in total. The van der Waals surface area contributed by atoms with Gasteiger partial charge in [-0.2, -0.15) is 0 Å². The second-order valence-electron chi connectivity index (χ2n) is 2.40. The Morgan fingerprint density at radius 1 is 1.78 bits per heavy atom. The number of hydrogen-bond donors (Lipinski definition) is 2. The molecule has 0 aromatic carbocycles. The number of carbonyl (C=O) groups is 1. The summed E-state index contributed by atoms with van der Waals surface area (Å²) in [5.41, 5.74) is 0. The van der Waals surface area contributed by atoms with Crippen LogP contribution in [0.25, 0.3) is 0 Å². The summed E-state index contributed by atoms with van der Waals surface area (Å²) in [4.78, 5) is 10.6. The highest BCUT2D eigenvalue weighted by molar-refractivity contribution is 5.80. The first kappa shape index (κ1) is 6.55. The number of hydrogen-bond acceptors (Lipinski definition) is 2. The average molecular weight is 129 g/mol. The lowest BCUT2D eigenvalue weighted by molar-refractivity contribution is -0.129. The lowest BCUT2D eigenvalue weighted by atomic mass is 10.2. The molecular formula is C6H11NO2. The van der Waals surface area contributed by atoms with Crippen molar-refractivity contribution < 1.29 is 9.90 Å². The van der Waals surface area contributed by atoms with Gasteiger partial charge in [0.2, 0.25) is 5.91 Å². The molecule has 1 atom stereocenters. The Kier molecular flexibility index (Phi) is 1.71. The molecule has 52 valence electrons. The number of amides is 1. The Bertz CT molecular complexity index is 120. The summed E-state index contributed by atoms with van der Waals surface area (Å²) in [6.45, 7) is 0. The minimum absolute atomic E-state index is 0.241. The third-order valence-corrected chi connectivity index (χ3v) is 1.58. The van der Waals surface area contributed by atoms with E-state index in [1.54, 1.807) is 0 Å². The molecule has 2 N–H and O–H groups in total. The third-order valence-electron chi connectivity index (χ3n) is 1.58. The third kappa shape index (κ3) is 1.42. The first-order chi connectivity index (χ1) is 4.25. The molecule has 0 heterocycles. The van der Waals surface area contributed by atoms with Crippen molar-refractivity contribution in [3.63, 3.8) is 0 Å². The maximum Gasteiger partial charge on any atom is 0.248 e. The molecule has 0 aromatic rings. The van der Waals surface area contributed by atoms with Crippen molar-refractivity contribution in [2.45, 2.75) is 18.9 Å². The molecule has 0 unspecified atom stereocenters. The Morgan fingerprint density at radius 3 is 2.67 bits per heavy atom. The van der Waals surface area contributed by atoms with E-state index in [0.29, 0.717) is 0 Å². The number of likely N-dealkylation sites (N-methyl/N-ethyl adjacent to an activating group) is 1. The normalized spacial score (nSPS) is 21.1. The predicted molar refractivity (Wildman–Crippen MR) is 32.8 cm³/mol. The lowest BCUT2D eigenvalue weighted by Crippen LogP contribution is -2.33. The number of nitrogens with one attached hydrogen (secondary N) is 1. The van der Waals surface area contributed by atoms with Crippen LogP contribution in [-0.2, 0) is 4.79 Å². The Labute approximate surface area is 54.1 Å². The summed E-state index contributed by atoms with van der Waals surface area (Å²) in [6, 6.07) is 0. The minimum Gasteiger partial charge on any atom is -0.383 e. The highest BCUT2D eigenvalue weighted by Crippen LogP contribution is 2.32. The van der Waals surface area contributed by atoms with Crippen molar-refractivity contribution in [1.82, 2.24) is 5.32 Å². The zero-order valence-corrected chi connectivity index (χ0v) is 5.42. The van der Waals surface area contributed by atoms with Crippen molar-refractivity contribution in [3.8, 4) is 0 Å². The van der Waals surface area contributed by atoms with Gasteiger partial charge >= 0.3 is 0 Å². The van der Waals surface area contributed by atoms with Crippen LogP contribution in [0.15, 0.2) is 0 Å². The van der Waals surface area contributed by atoms with E-state index >= 15 is 0 Å². The average Bonchev–Trinajstić information content (AvgIpc) is 2.66. The molecule has 1 fully saturated rings. The van der Waals surface area contributed by atoms with Gasteiger partial charge in [0.15, 0.2) is 0 Å². The van der Waals surface area contributed by atoms with Crippen molar-refractivity contribution in [2.24, 2.45) is 5.92 Å². The van der Waals surface area contributed by atoms with Crippen LogP contribution in [0.4, 0.5) is 0 Å². The smallest absolute Gasteiger partial charge is 0.248 e. The monoisotopic (exact) mass is 129 g/mol. The highest BCUT2D eigenvalue weighted by Gasteiger charge is 2.33. The van der Waals surface area contributed by atoms with Crippen molar-refractivity contribution in [2.75, 3.05) is 7.05 Å². The highest BCUT2D eigenvalue weighted by atomic mass is 16.3. The molecule has 0 radical (unpaired) electrons. The van der Waals surface area contributed by atoms with Gasteiger partial charge in [0.05, 0.1) is 0 Å². The van der Waals surface area contributed by atoms with Crippen molar-refractivity contribution in [1.29, 1.82) is 0 Å². The predicted octanol–water partition coefficient (Wildman–Crippen LogP) is -0.497. The zero-order valence-electron chi connectivity index (χ0n) is 5.42. The van der Waals surface area contributed by atoms with Crippen LogP contribution in [0.3, 0.4) is 0 Å². The van der Waals surface area contributed by atoms with Crippen LogP contribution in [0.1, 0.15) is 12.8 Å². The van der Waals surface area contributed by atoms with Gasteiger partial charge in [0.1, 0.15) is 6.10 Å². The van der Waals surface area contributed by atoms with E-state index in [4.69, 9.17) is 5.11 Å². The molecule has 0 aliphatic heterocycles. The molecule has 0 spiro atoms. The fourth-order valence-corrected chi connectivity index (χ4v) is 0.774. The first-order valence-corrected chi connectivity index (χ1v) is 3.15. The Balaban J connectivity index is 2.30. The van der Waals surface area contributed by atoms with Gasteiger partial charge in [-0.3, -0.25) is 4.79 Å². The Morgan fingerprint density at radius 2 is 2.33 bits per heavy atom. The number of carbonyl (C=O) groups excluding carboxylic acids is 1. The maximum atomic E-state index is 10.6. The molecule has 1 aliphatic rings. The van der Waals surface area contributed by atoms with E-state index in [2.05, 4.69) is 5.32 Å². The van der Waals surface area contributed by atoms with Crippen molar-refractivity contribution in [3.05, 3.63) is 0 Å². The molecule has 9 heavy (non-hydrogen) atoms. The molecular weight excluding hydrogens is 118 g/mol. The van der Waals surface area contributed by atoms with E-state index in [1.807, 2.05) is 0 Å². The molecule has 1 amide bonds. The second-order valence-corrected chi connectivity index (χ2v) is 2.40. The van der Waals surface area contributed by atoms with Gasteiger partial charge in [-0.05, 0) is 18.8 Å². The lowest BCUT2D eigenvalue weighted by Gasteiger charge is -2.04. The second kappa shape index (κ2) is 2.35. The Hall–Kier alpha value is -0.570. The van der Waals surface area contributed by atoms with E-state index in [9.17, 15) is 4.79 Å². The van der Waals surface area contributed by atoms with E-state index in [1.165, 1.54) is 7.05 Å². The van der Waals surface area contributed by atoms with Gasteiger partial charge in [-0.25, -0.2) is 0 Å². The topological polar surface area (TPSA) is 49.3 Å². The summed E-state index contributed by atoms with van der Waals surface area (Å²) in [5, 5.41) is 11.4. The van der Waals surface area contributed by atoms with E-state index in [-0.39, 0.29) is 11.8 Å². The quantitative estimate of drug-likeness (QED) is 0.528. The molecule has 0 bridgehead atoms. The van der Waals surface area contributed by atoms with Gasteiger partial charge < -0.3 is 10.4 Å². The van der Waals surface area contributed by atoms with Crippen LogP contribution in [0.5, 0.6) is 0 Å². The standard InChI is InChI=1S/C6H11NO2/c1-7-6(9)5(8)4-2-3-4/h4-5,8H,2-3H2,1H3,(H,7,9)/t5-/m0/s1. The summed E-state index contributed by atoms with van der Waals surface area (Å²) < 4.78 is 0. The molecule has 1 rings (SSSR count). The van der Waals surface area contributed by atoms with E-state index < -0.39 is 6.10 Å². The number of aliphatic hydroxyl groups is 1. The molecule has 1 saturated carbocycles. The van der Waals surface area contributed by atoms with E-state index in [0.717, 1.165) is 12.8 Å². The van der Waals surface area contributed by atoms with Gasteiger partial charge in [0, 0.05) is 7.05 Å². The largest absolute Gasteiger partial charge is 0.383 e. The number of rotatable bonds is 2. The van der Waals surface area contributed by atoms with Gasteiger partial charge in [0.25, 0.3) is 0 Å². The molecule has 1 aliphatic carbocycles. The van der Waals surface area contributed by atoms with Gasteiger partial charge in [-0.1, -0.05) is 0 Å².